The van der Waals surface area contributed by atoms with Crippen molar-refractivity contribution in [1.29, 1.82) is 0 Å². The Hall–Kier alpha value is -1.40. The second kappa shape index (κ2) is 7.13. The summed E-state index contributed by atoms with van der Waals surface area (Å²) in [7, 11) is 0. The minimum absolute atomic E-state index is 0.0572. The maximum Gasteiger partial charge on any atom is 0.0975 e. The Bertz CT molecular complexity index is 403. The van der Waals surface area contributed by atoms with E-state index < -0.39 is 6.10 Å². The average molecular weight is 246 g/mol. The molecule has 1 heterocycles. The summed E-state index contributed by atoms with van der Waals surface area (Å²) in [5, 5.41) is 10.0. The van der Waals surface area contributed by atoms with E-state index in [1.54, 1.807) is 18.6 Å². The molecule has 1 aromatic heterocycles. The maximum absolute atomic E-state index is 10.0. The van der Waals surface area contributed by atoms with E-state index in [-0.39, 0.29) is 5.41 Å². The molecule has 0 saturated heterocycles. The van der Waals surface area contributed by atoms with Crippen LogP contribution in [0.3, 0.4) is 0 Å². The second-order valence-corrected chi connectivity index (χ2v) is 5.12. The van der Waals surface area contributed by atoms with Crippen LogP contribution < -0.4 is 0 Å². The Labute approximate surface area is 110 Å². The monoisotopic (exact) mass is 246 g/mol. The summed E-state index contributed by atoms with van der Waals surface area (Å²) in [5.74, 6) is 6.45. The Morgan fingerprint density at radius 3 is 2.78 bits per heavy atom. The van der Waals surface area contributed by atoms with Crippen LogP contribution in [0.2, 0.25) is 0 Å². The second-order valence-electron chi connectivity index (χ2n) is 5.12. The lowest BCUT2D eigenvalue weighted by atomic mass is 9.87. The summed E-state index contributed by atoms with van der Waals surface area (Å²) < 4.78 is 0. The van der Waals surface area contributed by atoms with Crippen molar-refractivity contribution in [3.63, 3.8) is 0 Å². The quantitative estimate of drug-likeness (QED) is 0.812. The summed E-state index contributed by atoms with van der Waals surface area (Å²) in [6, 6.07) is 0. The molecule has 0 amide bonds. The smallest absolute Gasteiger partial charge is 0.0975 e. The van der Waals surface area contributed by atoms with Crippen LogP contribution in [0.25, 0.3) is 0 Å². The molecule has 1 unspecified atom stereocenters. The standard InChI is InChI=1S/C15H22N2O/c1-4-5-6-8-15(2,3)9-7-14(18)13-12-16-10-11-17-13/h10-12,14,18H,4-5,7,9H2,1-3H3. The van der Waals surface area contributed by atoms with Crippen molar-refractivity contribution in [1.82, 2.24) is 9.97 Å². The third-order valence-electron chi connectivity index (χ3n) is 2.77. The van der Waals surface area contributed by atoms with E-state index in [9.17, 15) is 5.11 Å². The predicted octanol–water partition coefficient (Wildman–Crippen LogP) is 3.12. The molecular weight excluding hydrogens is 224 g/mol. The minimum atomic E-state index is -0.550. The van der Waals surface area contributed by atoms with Gasteiger partial charge in [0.25, 0.3) is 0 Å². The van der Waals surface area contributed by atoms with Crippen LogP contribution >= 0.6 is 0 Å². The zero-order chi connectivity index (χ0) is 13.4. The van der Waals surface area contributed by atoms with Crippen LogP contribution in [-0.2, 0) is 0 Å². The number of nitrogens with zero attached hydrogens (tertiary/aromatic N) is 2. The highest BCUT2D eigenvalue weighted by atomic mass is 16.3. The average Bonchev–Trinajstić information content (AvgIpc) is 2.37. The van der Waals surface area contributed by atoms with Gasteiger partial charge in [0.15, 0.2) is 0 Å². The Balaban J connectivity index is 2.48. The third kappa shape index (κ3) is 5.29. The Morgan fingerprint density at radius 2 is 2.17 bits per heavy atom. The fourth-order valence-corrected chi connectivity index (χ4v) is 1.62. The van der Waals surface area contributed by atoms with E-state index >= 15 is 0 Å². The van der Waals surface area contributed by atoms with Gasteiger partial charge in [-0.2, -0.15) is 0 Å². The van der Waals surface area contributed by atoms with Crippen LogP contribution in [0.4, 0.5) is 0 Å². The van der Waals surface area contributed by atoms with Gasteiger partial charge in [-0.1, -0.05) is 12.8 Å². The van der Waals surface area contributed by atoms with Crippen molar-refractivity contribution in [2.75, 3.05) is 0 Å². The highest BCUT2D eigenvalue weighted by molar-refractivity contribution is 5.09. The molecule has 0 spiro atoms. The first-order chi connectivity index (χ1) is 8.55. The van der Waals surface area contributed by atoms with Crippen molar-refractivity contribution < 1.29 is 5.11 Å². The Kier molecular flexibility index (Phi) is 5.80. The molecule has 0 aliphatic rings. The molecule has 98 valence electrons. The van der Waals surface area contributed by atoms with Crippen molar-refractivity contribution in [3.05, 3.63) is 24.3 Å². The molecule has 0 aliphatic heterocycles. The maximum atomic E-state index is 10.0. The largest absolute Gasteiger partial charge is 0.387 e. The van der Waals surface area contributed by atoms with Crippen molar-refractivity contribution >= 4 is 0 Å². The predicted molar refractivity (Wildman–Crippen MR) is 72.7 cm³/mol. The van der Waals surface area contributed by atoms with Crippen LogP contribution in [0, 0.1) is 17.3 Å². The van der Waals surface area contributed by atoms with Crippen LogP contribution in [0.15, 0.2) is 18.6 Å². The van der Waals surface area contributed by atoms with Crippen LogP contribution in [0.1, 0.15) is 58.3 Å². The van der Waals surface area contributed by atoms with Gasteiger partial charge in [-0.05, 0) is 33.1 Å². The van der Waals surface area contributed by atoms with E-state index in [1.807, 2.05) is 0 Å². The molecule has 1 atom stereocenters. The third-order valence-corrected chi connectivity index (χ3v) is 2.77. The number of rotatable bonds is 5. The summed E-state index contributed by atoms with van der Waals surface area (Å²) >= 11 is 0. The number of hydrogen-bond donors (Lipinski definition) is 1. The van der Waals surface area contributed by atoms with E-state index in [2.05, 4.69) is 42.6 Å². The summed E-state index contributed by atoms with van der Waals surface area (Å²) in [4.78, 5) is 8.07. The van der Waals surface area contributed by atoms with E-state index in [4.69, 9.17) is 0 Å². The first-order valence-corrected chi connectivity index (χ1v) is 6.49. The molecule has 1 N–H and O–H groups in total. The van der Waals surface area contributed by atoms with Gasteiger partial charge in [0.2, 0.25) is 0 Å². The molecule has 1 rings (SSSR count). The van der Waals surface area contributed by atoms with Crippen molar-refractivity contribution in [2.24, 2.45) is 5.41 Å². The van der Waals surface area contributed by atoms with E-state index in [0.29, 0.717) is 12.1 Å². The molecule has 0 aromatic carbocycles. The molecule has 18 heavy (non-hydrogen) atoms. The first kappa shape index (κ1) is 14.7. The van der Waals surface area contributed by atoms with Gasteiger partial charge in [0, 0.05) is 24.2 Å². The van der Waals surface area contributed by atoms with E-state index in [0.717, 1.165) is 19.3 Å². The van der Waals surface area contributed by atoms with Gasteiger partial charge in [-0.15, -0.1) is 5.92 Å². The molecule has 0 fully saturated rings. The zero-order valence-electron chi connectivity index (χ0n) is 11.5. The lowest BCUT2D eigenvalue weighted by Gasteiger charge is -2.19. The van der Waals surface area contributed by atoms with Gasteiger partial charge in [0.1, 0.15) is 0 Å². The number of aliphatic hydroxyl groups is 1. The minimum Gasteiger partial charge on any atom is -0.387 e. The lowest BCUT2D eigenvalue weighted by Crippen LogP contribution is -2.11. The SMILES string of the molecule is CCCC#CC(C)(C)CCC(O)c1cnccn1. The molecule has 0 bridgehead atoms. The van der Waals surface area contributed by atoms with Gasteiger partial charge in [0.05, 0.1) is 18.0 Å². The fraction of sp³-hybridized carbons (Fsp3) is 0.600. The molecule has 0 aliphatic carbocycles. The summed E-state index contributed by atoms with van der Waals surface area (Å²) in [6.07, 6.45) is 7.81. The number of hydrogen-bond acceptors (Lipinski definition) is 3. The summed E-state index contributed by atoms with van der Waals surface area (Å²) in [6.45, 7) is 6.34. The molecular formula is C15H22N2O. The number of unbranched alkanes of at least 4 members (excludes halogenated alkanes) is 1. The highest BCUT2D eigenvalue weighted by Gasteiger charge is 2.18. The fourth-order valence-electron chi connectivity index (χ4n) is 1.62. The van der Waals surface area contributed by atoms with Crippen molar-refractivity contribution in [2.45, 2.75) is 52.6 Å². The van der Waals surface area contributed by atoms with Crippen molar-refractivity contribution in [3.8, 4) is 11.8 Å². The highest BCUT2D eigenvalue weighted by Crippen LogP contribution is 2.26. The number of aromatic nitrogens is 2. The van der Waals surface area contributed by atoms with Crippen LogP contribution in [0.5, 0.6) is 0 Å². The lowest BCUT2D eigenvalue weighted by molar-refractivity contribution is 0.148. The van der Waals surface area contributed by atoms with Gasteiger partial charge < -0.3 is 5.11 Å². The van der Waals surface area contributed by atoms with Gasteiger partial charge in [-0.3, -0.25) is 9.97 Å². The molecule has 0 radical (unpaired) electrons. The van der Waals surface area contributed by atoms with Crippen LogP contribution in [-0.4, -0.2) is 15.1 Å². The zero-order valence-corrected chi connectivity index (χ0v) is 11.5. The van der Waals surface area contributed by atoms with Gasteiger partial charge >= 0.3 is 0 Å². The molecule has 3 heteroatoms. The Morgan fingerprint density at radius 1 is 1.39 bits per heavy atom. The molecule has 1 aromatic rings. The normalized spacial score (nSPS) is 12.7. The first-order valence-electron chi connectivity index (χ1n) is 6.49. The molecule has 3 nitrogen and oxygen atoms in total. The van der Waals surface area contributed by atoms with E-state index in [1.165, 1.54) is 0 Å². The molecule has 0 saturated carbocycles. The summed E-state index contributed by atoms with van der Waals surface area (Å²) in [5.41, 5.74) is 0.577. The topological polar surface area (TPSA) is 46.0 Å². The van der Waals surface area contributed by atoms with Gasteiger partial charge in [-0.25, -0.2) is 0 Å². The number of aliphatic hydroxyl groups excluding tert-OH is 1.